The van der Waals surface area contributed by atoms with E-state index in [0.29, 0.717) is 11.6 Å². The van der Waals surface area contributed by atoms with Crippen LogP contribution in [0.15, 0.2) is 36.4 Å². The van der Waals surface area contributed by atoms with Gasteiger partial charge in [0.25, 0.3) is 0 Å². The van der Waals surface area contributed by atoms with Gasteiger partial charge in [-0.3, -0.25) is 4.79 Å². The van der Waals surface area contributed by atoms with Crippen LogP contribution in [0.25, 0.3) is 21.0 Å². The molecule has 90 valence electrons. The van der Waals surface area contributed by atoms with E-state index >= 15 is 0 Å². The van der Waals surface area contributed by atoms with Crippen molar-refractivity contribution in [2.75, 3.05) is 5.32 Å². The van der Waals surface area contributed by atoms with Crippen molar-refractivity contribution in [3.8, 4) is 0 Å². The highest BCUT2D eigenvalue weighted by Gasteiger charge is 2.08. The minimum absolute atomic E-state index is 0.00152. The summed E-state index contributed by atoms with van der Waals surface area (Å²) in [5.41, 5.74) is 0.935. The molecule has 2 aromatic carbocycles. The molecule has 18 heavy (non-hydrogen) atoms. The summed E-state index contributed by atoms with van der Waals surface area (Å²) in [6, 6.07) is 12.3. The first-order valence-corrected chi connectivity index (χ1v) is 6.67. The van der Waals surface area contributed by atoms with E-state index in [1.807, 2.05) is 25.1 Å². The van der Waals surface area contributed by atoms with Gasteiger partial charge in [-0.2, -0.15) is 0 Å². The Morgan fingerprint density at radius 2 is 2.11 bits per heavy atom. The average Bonchev–Trinajstić information content (AvgIpc) is 2.81. The van der Waals surface area contributed by atoms with Gasteiger partial charge in [0.05, 0.1) is 10.2 Å². The molecule has 1 amide bonds. The fourth-order valence-corrected chi connectivity index (χ4v) is 2.93. The highest BCUT2D eigenvalue weighted by atomic mass is 32.1. The molecule has 0 atom stereocenters. The van der Waals surface area contributed by atoms with Crippen molar-refractivity contribution in [1.82, 2.24) is 4.98 Å². The van der Waals surface area contributed by atoms with Gasteiger partial charge in [-0.25, -0.2) is 4.98 Å². The topological polar surface area (TPSA) is 42.0 Å². The minimum Gasteiger partial charge on any atom is -0.302 e. The van der Waals surface area contributed by atoms with E-state index in [0.717, 1.165) is 10.2 Å². The number of hydrogen-bond acceptors (Lipinski definition) is 3. The van der Waals surface area contributed by atoms with Crippen LogP contribution in [0.1, 0.15) is 13.3 Å². The number of anilines is 1. The van der Waals surface area contributed by atoms with Gasteiger partial charge in [0, 0.05) is 11.8 Å². The standard InChI is InChI=1S/C14H12N2OS/c1-2-12(17)16-14-15-11-8-7-9-5-3-4-6-10(9)13(11)18-14/h3-8H,2H2,1H3,(H,15,16,17). The second-order valence-corrected chi connectivity index (χ2v) is 5.05. The number of amides is 1. The van der Waals surface area contributed by atoms with Gasteiger partial charge in [0.2, 0.25) is 5.91 Å². The van der Waals surface area contributed by atoms with Gasteiger partial charge < -0.3 is 5.32 Å². The molecule has 1 aromatic heterocycles. The first kappa shape index (κ1) is 11.2. The Kier molecular flexibility index (Phi) is 2.72. The number of hydrogen-bond donors (Lipinski definition) is 1. The van der Waals surface area contributed by atoms with Gasteiger partial charge in [0.15, 0.2) is 5.13 Å². The van der Waals surface area contributed by atoms with Crippen LogP contribution < -0.4 is 5.32 Å². The quantitative estimate of drug-likeness (QED) is 0.757. The Labute approximate surface area is 108 Å². The van der Waals surface area contributed by atoms with Gasteiger partial charge in [0.1, 0.15) is 0 Å². The maximum absolute atomic E-state index is 11.4. The normalized spacial score (nSPS) is 10.9. The SMILES string of the molecule is CCC(=O)Nc1nc2ccc3ccccc3c2s1. The Hall–Kier alpha value is -1.94. The molecule has 0 aliphatic heterocycles. The van der Waals surface area contributed by atoms with Crippen molar-refractivity contribution < 1.29 is 4.79 Å². The summed E-state index contributed by atoms with van der Waals surface area (Å²) < 4.78 is 1.12. The molecule has 1 N–H and O–H groups in total. The van der Waals surface area contributed by atoms with Crippen molar-refractivity contribution in [3.05, 3.63) is 36.4 Å². The lowest BCUT2D eigenvalue weighted by molar-refractivity contribution is -0.115. The van der Waals surface area contributed by atoms with Crippen molar-refractivity contribution >= 4 is 43.4 Å². The number of benzene rings is 2. The molecule has 3 aromatic rings. The predicted molar refractivity (Wildman–Crippen MR) is 76.0 cm³/mol. The third-order valence-corrected chi connectivity index (χ3v) is 3.87. The summed E-state index contributed by atoms with van der Waals surface area (Å²) in [5, 5.41) is 5.87. The van der Waals surface area contributed by atoms with Crippen LogP contribution in [0, 0.1) is 0 Å². The molecule has 0 spiro atoms. The van der Waals surface area contributed by atoms with Crippen molar-refractivity contribution in [2.45, 2.75) is 13.3 Å². The van der Waals surface area contributed by atoms with Crippen molar-refractivity contribution in [2.24, 2.45) is 0 Å². The summed E-state index contributed by atoms with van der Waals surface area (Å²) in [6.45, 7) is 1.83. The van der Waals surface area contributed by atoms with Gasteiger partial charge in [-0.15, -0.1) is 0 Å². The molecule has 3 nitrogen and oxygen atoms in total. The zero-order chi connectivity index (χ0) is 12.5. The third-order valence-electron chi connectivity index (χ3n) is 2.85. The highest BCUT2D eigenvalue weighted by Crippen LogP contribution is 2.32. The van der Waals surface area contributed by atoms with Crippen molar-refractivity contribution in [3.63, 3.8) is 0 Å². The van der Waals surface area contributed by atoms with Crippen LogP contribution in [-0.2, 0) is 4.79 Å². The van der Waals surface area contributed by atoms with Gasteiger partial charge >= 0.3 is 0 Å². The molecule has 0 saturated carbocycles. The molecule has 0 radical (unpaired) electrons. The zero-order valence-corrected chi connectivity index (χ0v) is 10.8. The predicted octanol–water partition coefficient (Wildman–Crippen LogP) is 3.80. The molecular weight excluding hydrogens is 244 g/mol. The molecule has 3 rings (SSSR count). The average molecular weight is 256 g/mol. The number of fused-ring (bicyclic) bond motifs is 3. The maximum Gasteiger partial charge on any atom is 0.225 e. The molecule has 0 aliphatic carbocycles. The summed E-state index contributed by atoms with van der Waals surface area (Å²) >= 11 is 1.53. The van der Waals surface area contributed by atoms with Crippen LogP contribution in [-0.4, -0.2) is 10.9 Å². The Bertz CT molecular complexity index is 733. The first-order valence-electron chi connectivity index (χ1n) is 5.86. The molecular formula is C14H12N2OS. The molecule has 1 heterocycles. The maximum atomic E-state index is 11.4. The molecule has 0 unspecified atom stereocenters. The number of rotatable bonds is 2. The number of carbonyl (C=O) groups is 1. The number of nitrogens with one attached hydrogen (secondary N) is 1. The molecule has 4 heteroatoms. The monoisotopic (exact) mass is 256 g/mol. The van der Waals surface area contributed by atoms with Crippen LogP contribution in [0.3, 0.4) is 0 Å². The molecule has 0 fully saturated rings. The second-order valence-electron chi connectivity index (χ2n) is 4.06. The number of aromatic nitrogens is 1. The Morgan fingerprint density at radius 1 is 1.28 bits per heavy atom. The van der Waals surface area contributed by atoms with E-state index in [1.54, 1.807) is 0 Å². The largest absolute Gasteiger partial charge is 0.302 e. The lowest BCUT2D eigenvalue weighted by Crippen LogP contribution is -2.08. The molecule has 0 bridgehead atoms. The summed E-state index contributed by atoms with van der Waals surface area (Å²) in [5.74, 6) is -0.00152. The lowest BCUT2D eigenvalue weighted by atomic mass is 10.1. The Morgan fingerprint density at radius 3 is 2.94 bits per heavy atom. The fourth-order valence-electron chi connectivity index (χ4n) is 1.92. The smallest absolute Gasteiger partial charge is 0.225 e. The molecule has 0 saturated heterocycles. The van der Waals surface area contributed by atoms with Crippen molar-refractivity contribution in [1.29, 1.82) is 0 Å². The van der Waals surface area contributed by atoms with Gasteiger partial charge in [-0.05, 0) is 11.5 Å². The van der Waals surface area contributed by atoms with E-state index in [9.17, 15) is 4.79 Å². The van der Waals surface area contributed by atoms with E-state index in [-0.39, 0.29) is 5.91 Å². The number of carbonyl (C=O) groups excluding carboxylic acids is 1. The summed E-state index contributed by atoms with van der Waals surface area (Å²) in [7, 11) is 0. The first-order chi connectivity index (χ1) is 8.78. The van der Waals surface area contributed by atoms with E-state index in [1.165, 1.54) is 22.1 Å². The lowest BCUT2D eigenvalue weighted by Gasteiger charge is -1.96. The van der Waals surface area contributed by atoms with E-state index in [2.05, 4.69) is 28.5 Å². The number of thiazole rings is 1. The zero-order valence-electron chi connectivity index (χ0n) is 9.93. The Balaban J connectivity index is 2.16. The van der Waals surface area contributed by atoms with Crippen LogP contribution in [0.5, 0.6) is 0 Å². The fraction of sp³-hybridized carbons (Fsp3) is 0.143. The third kappa shape index (κ3) is 1.84. The van der Waals surface area contributed by atoms with E-state index in [4.69, 9.17) is 0 Å². The van der Waals surface area contributed by atoms with Crippen LogP contribution in [0.4, 0.5) is 5.13 Å². The van der Waals surface area contributed by atoms with Crippen LogP contribution in [0.2, 0.25) is 0 Å². The minimum atomic E-state index is -0.00152. The van der Waals surface area contributed by atoms with Gasteiger partial charge in [-0.1, -0.05) is 48.6 Å². The second kappa shape index (κ2) is 4.38. The number of nitrogens with zero attached hydrogens (tertiary/aromatic N) is 1. The van der Waals surface area contributed by atoms with E-state index < -0.39 is 0 Å². The highest BCUT2D eigenvalue weighted by molar-refractivity contribution is 7.23. The summed E-state index contributed by atoms with van der Waals surface area (Å²) in [4.78, 5) is 15.8. The molecule has 0 aliphatic rings. The van der Waals surface area contributed by atoms with Crippen LogP contribution >= 0.6 is 11.3 Å². The summed E-state index contributed by atoms with van der Waals surface area (Å²) in [6.07, 6.45) is 0.469.